The number of likely N-dealkylation sites (tertiary alicyclic amines) is 1. The van der Waals surface area contributed by atoms with Crippen LogP contribution in [0.4, 0.5) is 5.82 Å². The number of nitrogens with zero attached hydrogens (tertiary/aromatic N) is 5. The highest BCUT2D eigenvalue weighted by molar-refractivity contribution is 7.13. The van der Waals surface area contributed by atoms with Gasteiger partial charge in [-0.2, -0.15) is 0 Å². The van der Waals surface area contributed by atoms with E-state index < -0.39 is 0 Å². The minimum absolute atomic E-state index is 0.0305. The quantitative estimate of drug-likeness (QED) is 0.719. The standard InChI is InChI=1S/C18H20N6O2S/c1-23(9-16-20-5-2-15(19)22-16)13-3-6-24(8-13)18(25)14-11-27-17(21-14)12-4-7-26-10-12/h2,4-5,7,10-11,13H,3,6,8-9H2,1H3,(H2,19,20,22)/t13-/m1/s1. The van der Waals surface area contributed by atoms with Crippen LogP contribution in [0.2, 0.25) is 0 Å². The first-order valence-electron chi connectivity index (χ1n) is 8.65. The molecule has 2 N–H and O–H groups in total. The van der Waals surface area contributed by atoms with Crippen molar-refractivity contribution in [1.29, 1.82) is 0 Å². The number of hydrogen-bond donors (Lipinski definition) is 1. The predicted molar refractivity (Wildman–Crippen MR) is 102 cm³/mol. The molecular formula is C18H20N6O2S. The molecule has 4 rings (SSSR count). The molecule has 140 valence electrons. The van der Waals surface area contributed by atoms with Crippen LogP contribution in [-0.4, -0.2) is 56.8 Å². The molecule has 0 radical (unpaired) electrons. The largest absolute Gasteiger partial charge is 0.472 e. The van der Waals surface area contributed by atoms with E-state index in [0.29, 0.717) is 37.0 Å². The molecule has 0 unspecified atom stereocenters. The molecule has 9 heteroatoms. The van der Waals surface area contributed by atoms with Gasteiger partial charge in [-0.1, -0.05) is 0 Å². The zero-order valence-corrected chi connectivity index (χ0v) is 15.7. The molecule has 1 atom stereocenters. The fraction of sp³-hybridized carbons (Fsp3) is 0.333. The van der Waals surface area contributed by atoms with Crippen molar-refractivity contribution in [3.8, 4) is 10.6 Å². The van der Waals surface area contributed by atoms with Crippen molar-refractivity contribution in [2.45, 2.75) is 19.0 Å². The van der Waals surface area contributed by atoms with Gasteiger partial charge in [0.2, 0.25) is 0 Å². The minimum atomic E-state index is -0.0305. The van der Waals surface area contributed by atoms with Crippen molar-refractivity contribution in [1.82, 2.24) is 24.8 Å². The Morgan fingerprint density at radius 2 is 2.33 bits per heavy atom. The fourth-order valence-corrected chi connectivity index (χ4v) is 3.96. The van der Waals surface area contributed by atoms with E-state index in [1.807, 2.05) is 23.4 Å². The van der Waals surface area contributed by atoms with E-state index in [9.17, 15) is 4.79 Å². The summed E-state index contributed by atoms with van der Waals surface area (Å²) in [5, 5.41) is 2.60. The smallest absolute Gasteiger partial charge is 0.273 e. The maximum atomic E-state index is 12.8. The summed E-state index contributed by atoms with van der Waals surface area (Å²) >= 11 is 1.45. The van der Waals surface area contributed by atoms with Crippen molar-refractivity contribution in [2.24, 2.45) is 0 Å². The summed E-state index contributed by atoms with van der Waals surface area (Å²) in [4.78, 5) is 29.8. The number of hydrogen-bond acceptors (Lipinski definition) is 8. The Bertz CT molecular complexity index is 926. The molecule has 1 aliphatic heterocycles. The van der Waals surface area contributed by atoms with Crippen molar-refractivity contribution >= 4 is 23.1 Å². The molecule has 0 spiro atoms. The highest BCUT2D eigenvalue weighted by Gasteiger charge is 2.30. The number of amides is 1. The Labute approximate surface area is 160 Å². The van der Waals surface area contributed by atoms with Gasteiger partial charge in [0.05, 0.1) is 12.8 Å². The molecule has 3 aromatic rings. The first-order valence-corrected chi connectivity index (χ1v) is 9.53. The molecule has 4 heterocycles. The van der Waals surface area contributed by atoms with Gasteiger partial charge in [0.15, 0.2) is 0 Å². The Morgan fingerprint density at radius 1 is 1.44 bits per heavy atom. The summed E-state index contributed by atoms with van der Waals surface area (Å²) in [7, 11) is 2.02. The number of nitrogens with two attached hydrogens (primary N) is 1. The summed E-state index contributed by atoms with van der Waals surface area (Å²) in [5.74, 6) is 1.12. The Kier molecular flexibility index (Phi) is 4.87. The molecule has 1 aliphatic rings. The number of carbonyl (C=O) groups is 1. The van der Waals surface area contributed by atoms with E-state index in [-0.39, 0.29) is 11.9 Å². The zero-order chi connectivity index (χ0) is 18.8. The van der Waals surface area contributed by atoms with E-state index in [4.69, 9.17) is 10.2 Å². The molecule has 0 bridgehead atoms. The first kappa shape index (κ1) is 17.6. The van der Waals surface area contributed by atoms with E-state index in [0.717, 1.165) is 17.0 Å². The molecule has 27 heavy (non-hydrogen) atoms. The van der Waals surface area contributed by atoms with Crippen LogP contribution in [0.15, 0.2) is 40.7 Å². The van der Waals surface area contributed by atoms with Gasteiger partial charge in [0.1, 0.15) is 28.6 Å². The lowest BCUT2D eigenvalue weighted by Gasteiger charge is -2.23. The van der Waals surface area contributed by atoms with E-state index in [1.165, 1.54) is 11.3 Å². The second-order valence-corrected chi connectivity index (χ2v) is 7.41. The summed E-state index contributed by atoms with van der Waals surface area (Å²) in [6.45, 7) is 1.97. The van der Waals surface area contributed by atoms with Gasteiger partial charge in [0.25, 0.3) is 5.91 Å². The number of thiazole rings is 1. The zero-order valence-electron chi connectivity index (χ0n) is 14.9. The molecule has 0 aliphatic carbocycles. The van der Waals surface area contributed by atoms with Gasteiger partial charge in [-0.15, -0.1) is 11.3 Å². The Morgan fingerprint density at radius 3 is 3.11 bits per heavy atom. The van der Waals surface area contributed by atoms with Gasteiger partial charge in [-0.3, -0.25) is 9.69 Å². The lowest BCUT2D eigenvalue weighted by atomic mass is 10.2. The van der Waals surface area contributed by atoms with Crippen molar-refractivity contribution in [3.63, 3.8) is 0 Å². The second-order valence-electron chi connectivity index (χ2n) is 6.56. The molecule has 1 amide bonds. The maximum Gasteiger partial charge on any atom is 0.273 e. The fourth-order valence-electron chi connectivity index (χ4n) is 3.18. The third-order valence-electron chi connectivity index (χ3n) is 4.68. The summed E-state index contributed by atoms with van der Waals surface area (Å²) < 4.78 is 5.08. The summed E-state index contributed by atoms with van der Waals surface area (Å²) in [5.41, 5.74) is 7.09. The number of carbonyl (C=O) groups excluding carboxylic acids is 1. The maximum absolute atomic E-state index is 12.8. The van der Waals surface area contributed by atoms with Crippen molar-refractivity contribution < 1.29 is 9.21 Å². The molecular weight excluding hydrogens is 364 g/mol. The average Bonchev–Trinajstić information content (AvgIpc) is 3.41. The molecule has 3 aromatic heterocycles. The third kappa shape index (κ3) is 3.83. The van der Waals surface area contributed by atoms with Gasteiger partial charge in [0, 0.05) is 36.3 Å². The molecule has 0 aromatic carbocycles. The van der Waals surface area contributed by atoms with Crippen LogP contribution in [-0.2, 0) is 6.54 Å². The van der Waals surface area contributed by atoms with Crippen LogP contribution < -0.4 is 5.73 Å². The van der Waals surface area contributed by atoms with E-state index in [1.54, 1.807) is 24.8 Å². The SMILES string of the molecule is CN(Cc1nccc(N)n1)[C@@H]1CCN(C(=O)c2csc(-c3ccoc3)n2)C1. The first-order chi connectivity index (χ1) is 13.1. The highest BCUT2D eigenvalue weighted by atomic mass is 32.1. The van der Waals surface area contributed by atoms with Gasteiger partial charge in [-0.25, -0.2) is 15.0 Å². The minimum Gasteiger partial charge on any atom is -0.472 e. The van der Waals surface area contributed by atoms with Gasteiger partial charge < -0.3 is 15.1 Å². The van der Waals surface area contributed by atoms with E-state index >= 15 is 0 Å². The summed E-state index contributed by atoms with van der Waals surface area (Å²) in [6, 6.07) is 3.77. The normalized spacial score (nSPS) is 17.0. The van der Waals surface area contributed by atoms with Crippen molar-refractivity contribution in [2.75, 3.05) is 25.9 Å². The summed E-state index contributed by atoms with van der Waals surface area (Å²) in [6.07, 6.45) is 5.80. The third-order valence-corrected chi connectivity index (χ3v) is 5.57. The topological polar surface area (TPSA) is 101 Å². The van der Waals surface area contributed by atoms with Gasteiger partial charge >= 0.3 is 0 Å². The van der Waals surface area contributed by atoms with Crippen molar-refractivity contribution in [3.05, 3.63) is 47.8 Å². The lowest BCUT2D eigenvalue weighted by Crippen LogP contribution is -2.36. The highest BCUT2D eigenvalue weighted by Crippen LogP contribution is 2.25. The number of rotatable bonds is 5. The number of aromatic nitrogens is 3. The molecule has 0 saturated carbocycles. The monoisotopic (exact) mass is 384 g/mol. The average molecular weight is 384 g/mol. The van der Waals surface area contributed by atoms with Crippen LogP contribution in [0.1, 0.15) is 22.7 Å². The number of furan rings is 1. The van der Waals surface area contributed by atoms with Gasteiger partial charge in [-0.05, 0) is 25.6 Å². The molecule has 8 nitrogen and oxygen atoms in total. The molecule has 1 fully saturated rings. The molecule has 1 saturated heterocycles. The number of anilines is 1. The lowest BCUT2D eigenvalue weighted by molar-refractivity contribution is 0.0774. The number of likely N-dealkylation sites (N-methyl/N-ethyl adjacent to an activating group) is 1. The second kappa shape index (κ2) is 7.45. The van der Waals surface area contributed by atoms with Crippen LogP contribution in [0.3, 0.4) is 0 Å². The van der Waals surface area contributed by atoms with Crippen LogP contribution in [0.5, 0.6) is 0 Å². The van der Waals surface area contributed by atoms with Crippen LogP contribution >= 0.6 is 11.3 Å². The van der Waals surface area contributed by atoms with E-state index in [2.05, 4.69) is 19.9 Å². The Balaban J connectivity index is 1.38. The number of nitrogen functional groups attached to an aromatic ring is 1. The van der Waals surface area contributed by atoms with Crippen LogP contribution in [0, 0.1) is 0 Å². The van der Waals surface area contributed by atoms with Crippen LogP contribution in [0.25, 0.3) is 10.6 Å². The predicted octanol–water partition coefficient (Wildman–Crippen LogP) is 2.12. The Hall–Kier alpha value is -2.78.